The summed E-state index contributed by atoms with van der Waals surface area (Å²) in [7, 11) is 0. The van der Waals surface area contributed by atoms with Crippen LogP contribution in [0.3, 0.4) is 0 Å². The largest absolute Gasteiger partial charge is 0.454 e. The standard InChI is InChI=1S/C18H20N4O4/c23-14-10-22(17-9-19-4-5-20-17)6-3-13(14)21-18(24)8-12-1-2-15-16(7-12)26-11-25-15/h1-2,4-5,7,9,13-14,23H,3,6,8,10-11H2,(H,21,24)/t13-,14-/m1/s1. The molecule has 0 aliphatic carbocycles. The van der Waals surface area contributed by atoms with E-state index in [4.69, 9.17) is 9.47 Å². The number of aliphatic hydroxyl groups is 1. The van der Waals surface area contributed by atoms with Crippen molar-refractivity contribution in [1.82, 2.24) is 15.3 Å². The Bertz CT molecular complexity index is 786. The molecule has 0 bridgehead atoms. The Morgan fingerprint density at radius 2 is 2.19 bits per heavy atom. The first-order chi connectivity index (χ1) is 12.7. The molecule has 2 N–H and O–H groups in total. The number of carbonyl (C=O) groups excluding carboxylic acids is 1. The molecule has 0 radical (unpaired) electrons. The van der Waals surface area contributed by atoms with Crippen LogP contribution in [0.4, 0.5) is 5.82 Å². The van der Waals surface area contributed by atoms with E-state index in [9.17, 15) is 9.90 Å². The summed E-state index contributed by atoms with van der Waals surface area (Å²) in [5, 5.41) is 13.3. The molecule has 4 rings (SSSR count). The van der Waals surface area contributed by atoms with Crippen molar-refractivity contribution in [2.75, 3.05) is 24.8 Å². The van der Waals surface area contributed by atoms with Gasteiger partial charge in [-0.2, -0.15) is 0 Å². The topological polar surface area (TPSA) is 96.8 Å². The van der Waals surface area contributed by atoms with Crippen molar-refractivity contribution in [1.29, 1.82) is 0 Å². The Kier molecular flexibility index (Phi) is 4.57. The number of amides is 1. The molecular weight excluding hydrogens is 336 g/mol. The number of hydrogen-bond acceptors (Lipinski definition) is 7. The number of benzene rings is 1. The zero-order valence-electron chi connectivity index (χ0n) is 14.2. The molecule has 2 atom stereocenters. The van der Waals surface area contributed by atoms with Crippen LogP contribution >= 0.6 is 0 Å². The van der Waals surface area contributed by atoms with Gasteiger partial charge in [-0.25, -0.2) is 4.98 Å². The summed E-state index contributed by atoms with van der Waals surface area (Å²) < 4.78 is 10.6. The van der Waals surface area contributed by atoms with Crippen molar-refractivity contribution in [3.63, 3.8) is 0 Å². The molecule has 2 aliphatic rings. The minimum Gasteiger partial charge on any atom is -0.454 e. The monoisotopic (exact) mass is 356 g/mol. The first-order valence-corrected chi connectivity index (χ1v) is 8.56. The highest BCUT2D eigenvalue weighted by Crippen LogP contribution is 2.32. The number of β-amino-alcohol motifs (C(OH)–C–C–N with tert-alkyl or cyclic N) is 1. The van der Waals surface area contributed by atoms with Crippen molar-refractivity contribution < 1.29 is 19.4 Å². The number of piperidine rings is 1. The summed E-state index contributed by atoms with van der Waals surface area (Å²) in [4.78, 5) is 22.6. The SMILES string of the molecule is O=C(Cc1ccc2c(c1)OCO2)N[C@@H]1CCN(c2cnccn2)C[C@H]1O. The third-order valence-electron chi connectivity index (χ3n) is 4.60. The molecule has 0 unspecified atom stereocenters. The second-order valence-electron chi connectivity index (χ2n) is 6.40. The zero-order chi connectivity index (χ0) is 17.9. The van der Waals surface area contributed by atoms with Crippen LogP contribution < -0.4 is 19.7 Å². The molecule has 0 saturated carbocycles. The summed E-state index contributed by atoms with van der Waals surface area (Å²) in [5.41, 5.74) is 0.846. The minimum absolute atomic E-state index is 0.124. The van der Waals surface area contributed by atoms with Gasteiger partial charge in [-0.15, -0.1) is 0 Å². The third-order valence-corrected chi connectivity index (χ3v) is 4.60. The van der Waals surface area contributed by atoms with Crippen LogP contribution in [0.5, 0.6) is 11.5 Å². The van der Waals surface area contributed by atoms with Gasteiger partial charge in [-0.1, -0.05) is 6.07 Å². The molecule has 2 aromatic rings. The average molecular weight is 356 g/mol. The second-order valence-corrected chi connectivity index (χ2v) is 6.40. The summed E-state index contributed by atoms with van der Waals surface area (Å²) in [6.45, 7) is 1.32. The predicted octanol–water partition coefficient (Wildman–Crippen LogP) is 0.504. The first-order valence-electron chi connectivity index (χ1n) is 8.56. The summed E-state index contributed by atoms with van der Waals surface area (Å²) in [6.07, 6.45) is 5.12. The Hall–Kier alpha value is -2.87. The van der Waals surface area contributed by atoms with Gasteiger partial charge in [-0.3, -0.25) is 9.78 Å². The van der Waals surface area contributed by atoms with Crippen LogP contribution in [-0.2, 0) is 11.2 Å². The van der Waals surface area contributed by atoms with E-state index >= 15 is 0 Å². The second kappa shape index (κ2) is 7.17. The lowest BCUT2D eigenvalue weighted by molar-refractivity contribution is -0.122. The fourth-order valence-corrected chi connectivity index (χ4v) is 3.26. The van der Waals surface area contributed by atoms with Crippen molar-refractivity contribution in [2.24, 2.45) is 0 Å². The zero-order valence-corrected chi connectivity index (χ0v) is 14.2. The minimum atomic E-state index is -0.661. The fraction of sp³-hybridized carbons (Fsp3) is 0.389. The van der Waals surface area contributed by atoms with E-state index in [1.807, 2.05) is 17.0 Å². The molecule has 2 aliphatic heterocycles. The van der Waals surface area contributed by atoms with Crippen LogP contribution in [0, 0.1) is 0 Å². The maximum absolute atomic E-state index is 12.3. The predicted molar refractivity (Wildman–Crippen MR) is 93.1 cm³/mol. The number of aliphatic hydroxyl groups excluding tert-OH is 1. The van der Waals surface area contributed by atoms with E-state index in [-0.39, 0.29) is 25.2 Å². The van der Waals surface area contributed by atoms with Gasteiger partial charge in [0.1, 0.15) is 5.82 Å². The number of anilines is 1. The van der Waals surface area contributed by atoms with E-state index in [2.05, 4.69) is 15.3 Å². The van der Waals surface area contributed by atoms with Crippen molar-refractivity contribution in [3.8, 4) is 11.5 Å². The highest BCUT2D eigenvalue weighted by molar-refractivity contribution is 5.79. The van der Waals surface area contributed by atoms with Gasteiger partial charge in [0.25, 0.3) is 0 Å². The number of fused-ring (bicyclic) bond motifs is 1. The molecule has 1 amide bonds. The molecule has 8 nitrogen and oxygen atoms in total. The Balaban J connectivity index is 1.32. The molecule has 8 heteroatoms. The highest BCUT2D eigenvalue weighted by atomic mass is 16.7. The maximum Gasteiger partial charge on any atom is 0.231 e. The number of nitrogens with one attached hydrogen (secondary N) is 1. The molecule has 26 heavy (non-hydrogen) atoms. The number of ether oxygens (including phenoxy) is 2. The number of rotatable bonds is 4. The molecule has 1 fully saturated rings. The van der Waals surface area contributed by atoms with Gasteiger partial charge < -0.3 is 24.8 Å². The van der Waals surface area contributed by atoms with Crippen LogP contribution in [0.15, 0.2) is 36.8 Å². The Morgan fingerprint density at radius 3 is 3.00 bits per heavy atom. The molecule has 3 heterocycles. The van der Waals surface area contributed by atoms with E-state index < -0.39 is 6.10 Å². The molecule has 1 aromatic heterocycles. The lowest BCUT2D eigenvalue weighted by atomic mass is 10.0. The molecule has 136 valence electrons. The Labute approximate surface area is 150 Å². The van der Waals surface area contributed by atoms with Gasteiger partial charge in [-0.05, 0) is 24.1 Å². The average Bonchev–Trinajstić information content (AvgIpc) is 3.12. The number of carbonyl (C=O) groups is 1. The highest BCUT2D eigenvalue weighted by Gasteiger charge is 2.29. The molecular formula is C18H20N4O4. The fourth-order valence-electron chi connectivity index (χ4n) is 3.26. The number of nitrogens with zero attached hydrogens (tertiary/aromatic N) is 3. The van der Waals surface area contributed by atoms with E-state index in [0.717, 1.165) is 11.4 Å². The summed E-state index contributed by atoms with van der Waals surface area (Å²) in [6, 6.07) is 5.19. The van der Waals surface area contributed by atoms with Crippen LogP contribution in [-0.4, -0.2) is 53.0 Å². The molecule has 1 aromatic carbocycles. The number of aromatic nitrogens is 2. The molecule has 0 spiro atoms. The lowest BCUT2D eigenvalue weighted by Crippen LogP contribution is -2.54. The quantitative estimate of drug-likeness (QED) is 0.823. The van der Waals surface area contributed by atoms with Crippen LogP contribution in [0.25, 0.3) is 0 Å². The van der Waals surface area contributed by atoms with Crippen molar-refractivity contribution in [2.45, 2.75) is 25.0 Å². The summed E-state index contributed by atoms with van der Waals surface area (Å²) in [5.74, 6) is 1.96. The smallest absolute Gasteiger partial charge is 0.231 e. The Morgan fingerprint density at radius 1 is 1.31 bits per heavy atom. The van der Waals surface area contributed by atoms with Crippen molar-refractivity contribution in [3.05, 3.63) is 42.4 Å². The maximum atomic E-state index is 12.3. The first kappa shape index (κ1) is 16.6. The molecule has 1 saturated heterocycles. The van der Waals surface area contributed by atoms with Gasteiger partial charge in [0.2, 0.25) is 12.7 Å². The number of hydrogen-bond donors (Lipinski definition) is 2. The third kappa shape index (κ3) is 3.55. The van der Waals surface area contributed by atoms with E-state index in [1.165, 1.54) is 0 Å². The van der Waals surface area contributed by atoms with E-state index in [0.29, 0.717) is 31.0 Å². The normalized spacial score (nSPS) is 21.5. The van der Waals surface area contributed by atoms with Gasteiger partial charge >= 0.3 is 0 Å². The van der Waals surface area contributed by atoms with Gasteiger partial charge in [0.05, 0.1) is 24.8 Å². The van der Waals surface area contributed by atoms with Gasteiger partial charge in [0, 0.05) is 25.5 Å². The van der Waals surface area contributed by atoms with E-state index in [1.54, 1.807) is 24.7 Å². The summed E-state index contributed by atoms with van der Waals surface area (Å²) >= 11 is 0. The van der Waals surface area contributed by atoms with Gasteiger partial charge in [0.15, 0.2) is 11.5 Å². The lowest BCUT2D eigenvalue weighted by Gasteiger charge is -2.36. The van der Waals surface area contributed by atoms with Crippen LogP contribution in [0.1, 0.15) is 12.0 Å². The van der Waals surface area contributed by atoms with Crippen molar-refractivity contribution >= 4 is 11.7 Å². The van der Waals surface area contributed by atoms with Crippen LogP contribution in [0.2, 0.25) is 0 Å².